The number of ketones is 1. The third-order valence-electron chi connectivity index (χ3n) is 7.04. The molecular weight excluding hydrogens is 496 g/mol. The Labute approximate surface area is 231 Å². The van der Waals surface area contributed by atoms with Gasteiger partial charge in [-0.05, 0) is 60.7 Å². The minimum Gasteiger partial charge on any atom is -0.507 e. The molecule has 2 aliphatic heterocycles. The standard InChI is InChI=1S/C31H40N2O6/c1-4-17-38-25-10-8-23(9-11-25)29(34)27-28(24-6-5-7-26(21-24)39-18-12-22(2)3)33(31(36)30(27)35)14-13-32-15-19-37-20-16-32/h5-11,21-22,28,34H,4,12-20H2,1-3H3/b29-27+. The van der Waals surface area contributed by atoms with Gasteiger partial charge in [-0.3, -0.25) is 14.5 Å². The molecule has 2 saturated heterocycles. The van der Waals surface area contributed by atoms with Gasteiger partial charge >= 0.3 is 0 Å². The van der Waals surface area contributed by atoms with E-state index >= 15 is 0 Å². The van der Waals surface area contributed by atoms with Crippen LogP contribution in [0.1, 0.15) is 50.8 Å². The van der Waals surface area contributed by atoms with Crippen LogP contribution in [-0.2, 0) is 14.3 Å². The van der Waals surface area contributed by atoms with Crippen LogP contribution in [0.15, 0.2) is 54.1 Å². The van der Waals surface area contributed by atoms with Gasteiger partial charge in [0.15, 0.2) is 0 Å². The van der Waals surface area contributed by atoms with Gasteiger partial charge in [0, 0.05) is 31.7 Å². The molecule has 0 aromatic heterocycles. The number of nitrogens with zero attached hydrogens (tertiary/aromatic N) is 2. The van der Waals surface area contributed by atoms with Gasteiger partial charge in [-0.2, -0.15) is 0 Å². The van der Waals surface area contributed by atoms with Crippen LogP contribution < -0.4 is 9.47 Å². The molecule has 1 unspecified atom stereocenters. The van der Waals surface area contributed by atoms with Gasteiger partial charge in [0.05, 0.1) is 38.0 Å². The maximum absolute atomic E-state index is 13.4. The monoisotopic (exact) mass is 536 g/mol. The van der Waals surface area contributed by atoms with E-state index in [0.29, 0.717) is 62.5 Å². The van der Waals surface area contributed by atoms with Crippen molar-refractivity contribution in [2.45, 2.75) is 39.7 Å². The van der Waals surface area contributed by atoms with E-state index in [-0.39, 0.29) is 11.3 Å². The molecule has 2 aliphatic rings. The molecule has 0 aliphatic carbocycles. The Hall–Kier alpha value is -3.36. The van der Waals surface area contributed by atoms with Crippen molar-refractivity contribution in [3.63, 3.8) is 0 Å². The lowest BCUT2D eigenvalue weighted by Gasteiger charge is -2.31. The Morgan fingerprint density at radius 2 is 1.72 bits per heavy atom. The van der Waals surface area contributed by atoms with Crippen molar-refractivity contribution in [1.29, 1.82) is 0 Å². The summed E-state index contributed by atoms with van der Waals surface area (Å²) < 4.78 is 17.1. The molecular formula is C31H40N2O6. The van der Waals surface area contributed by atoms with Gasteiger partial charge in [-0.25, -0.2) is 0 Å². The second-order valence-electron chi connectivity index (χ2n) is 10.4. The van der Waals surface area contributed by atoms with E-state index in [9.17, 15) is 14.7 Å². The number of amides is 1. The highest BCUT2D eigenvalue weighted by Crippen LogP contribution is 2.40. The second kappa shape index (κ2) is 13.6. The van der Waals surface area contributed by atoms with Crippen LogP contribution in [0.5, 0.6) is 11.5 Å². The number of carbonyl (C=O) groups excluding carboxylic acids is 2. The molecule has 8 heteroatoms. The van der Waals surface area contributed by atoms with E-state index in [2.05, 4.69) is 18.7 Å². The zero-order valence-electron chi connectivity index (χ0n) is 23.2. The van der Waals surface area contributed by atoms with Crippen LogP contribution in [-0.4, -0.2) is 79.2 Å². The summed E-state index contributed by atoms with van der Waals surface area (Å²) >= 11 is 0. The number of hydrogen-bond donors (Lipinski definition) is 1. The summed E-state index contributed by atoms with van der Waals surface area (Å²) in [5, 5.41) is 11.4. The van der Waals surface area contributed by atoms with Crippen molar-refractivity contribution in [3.8, 4) is 11.5 Å². The molecule has 0 bridgehead atoms. The van der Waals surface area contributed by atoms with Crippen LogP contribution in [0.4, 0.5) is 0 Å². The third-order valence-corrected chi connectivity index (χ3v) is 7.04. The molecule has 1 N–H and O–H groups in total. The number of aliphatic hydroxyl groups is 1. The molecule has 2 heterocycles. The first-order valence-electron chi connectivity index (χ1n) is 13.9. The summed E-state index contributed by atoms with van der Waals surface area (Å²) in [5.41, 5.74) is 1.27. The summed E-state index contributed by atoms with van der Waals surface area (Å²) in [7, 11) is 0. The molecule has 1 amide bonds. The largest absolute Gasteiger partial charge is 0.507 e. The maximum Gasteiger partial charge on any atom is 0.295 e. The second-order valence-corrected chi connectivity index (χ2v) is 10.4. The predicted octanol–water partition coefficient (Wildman–Crippen LogP) is 4.65. The number of morpholine rings is 1. The molecule has 0 radical (unpaired) electrons. The average Bonchev–Trinajstić information content (AvgIpc) is 3.20. The van der Waals surface area contributed by atoms with Gasteiger partial charge in [0.2, 0.25) is 0 Å². The maximum atomic E-state index is 13.4. The highest BCUT2D eigenvalue weighted by molar-refractivity contribution is 6.46. The number of benzene rings is 2. The fourth-order valence-electron chi connectivity index (χ4n) is 4.80. The minimum atomic E-state index is -0.726. The number of rotatable bonds is 12. The Balaban J connectivity index is 1.67. The Bertz CT molecular complexity index is 1150. The van der Waals surface area contributed by atoms with Crippen molar-refractivity contribution in [1.82, 2.24) is 9.80 Å². The molecule has 0 spiro atoms. The topological polar surface area (TPSA) is 88.5 Å². The van der Waals surface area contributed by atoms with Gasteiger partial charge in [-0.15, -0.1) is 0 Å². The lowest BCUT2D eigenvalue weighted by Crippen LogP contribution is -2.42. The minimum absolute atomic E-state index is 0.0866. The molecule has 210 valence electrons. The van der Waals surface area contributed by atoms with Crippen molar-refractivity contribution >= 4 is 17.4 Å². The predicted molar refractivity (Wildman–Crippen MR) is 150 cm³/mol. The van der Waals surface area contributed by atoms with E-state index < -0.39 is 17.7 Å². The smallest absolute Gasteiger partial charge is 0.295 e. The number of aliphatic hydroxyl groups excluding tert-OH is 1. The summed E-state index contributed by atoms with van der Waals surface area (Å²) in [6.07, 6.45) is 1.80. The van der Waals surface area contributed by atoms with E-state index in [0.717, 1.165) is 31.5 Å². The molecule has 4 rings (SSSR count). The van der Waals surface area contributed by atoms with Crippen LogP contribution >= 0.6 is 0 Å². The van der Waals surface area contributed by atoms with Gasteiger partial charge in [0.25, 0.3) is 11.7 Å². The van der Waals surface area contributed by atoms with Crippen molar-refractivity contribution in [2.24, 2.45) is 5.92 Å². The Morgan fingerprint density at radius 1 is 1.00 bits per heavy atom. The van der Waals surface area contributed by atoms with E-state index in [1.165, 1.54) is 0 Å². The van der Waals surface area contributed by atoms with E-state index in [1.54, 1.807) is 29.2 Å². The zero-order valence-corrected chi connectivity index (χ0v) is 23.2. The number of carbonyl (C=O) groups is 2. The molecule has 39 heavy (non-hydrogen) atoms. The Morgan fingerprint density at radius 3 is 2.41 bits per heavy atom. The van der Waals surface area contributed by atoms with Gasteiger partial charge in [-0.1, -0.05) is 32.9 Å². The number of hydrogen-bond acceptors (Lipinski definition) is 7. The summed E-state index contributed by atoms with van der Waals surface area (Å²) in [4.78, 5) is 30.6. The average molecular weight is 537 g/mol. The fraction of sp³-hybridized carbons (Fsp3) is 0.484. The Kier molecular flexibility index (Phi) is 10.0. The van der Waals surface area contributed by atoms with E-state index in [1.807, 2.05) is 31.2 Å². The van der Waals surface area contributed by atoms with Gasteiger partial charge in [0.1, 0.15) is 17.3 Å². The highest BCUT2D eigenvalue weighted by Gasteiger charge is 2.46. The lowest BCUT2D eigenvalue weighted by molar-refractivity contribution is -0.140. The van der Waals surface area contributed by atoms with E-state index in [4.69, 9.17) is 14.2 Å². The fourth-order valence-corrected chi connectivity index (χ4v) is 4.80. The SMILES string of the molecule is CCCOc1ccc(/C(O)=C2\C(=O)C(=O)N(CCN3CCOCC3)C2c2cccc(OCCC(C)C)c2)cc1. The summed E-state index contributed by atoms with van der Waals surface area (Å²) in [6, 6.07) is 13.7. The van der Waals surface area contributed by atoms with Crippen LogP contribution in [0.3, 0.4) is 0 Å². The summed E-state index contributed by atoms with van der Waals surface area (Å²) in [5.74, 6) is 0.381. The number of likely N-dealkylation sites (tertiary alicyclic amines) is 1. The molecule has 2 fully saturated rings. The molecule has 2 aromatic carbocycles. The first-order chi connectivity index (χ1) is 18.9. The summed E-state index contributed by atoms with van der Waals surface area (Å²) in [6.45, 7) is 11.3. The van der Waals surface area contributed by atoms with Crippen molar-refractivity contribution in [2.75, 3.05) is 52.6 Å². The van der Waals surface area contributed by atoms with Crippen LogP contribution in [0.25, 0.3) is 5.76 Å². The first-order valence-corrected chi connectivity index (χ1v) is 13.9. The normalized spacial score (nSPS) is 19.6. The van der Waals surface area contributed by atoms with Gasteiger partial charge < -0.3 is 24.2 Å². The first kappa shape index (κ1) is 28.6. The van der Waals surface area contributed by atoms with Crippen molar-refractivity contribution in [3.05, 3.63) is 65.2 Å². The molecule has 0 saturated carbocycles. The highest BCUT2D eigenvalue weighted by atomic mass is 16.5. The quantitative estimate of drug-likeness (QED) is 0.240. The third kappa shape index (κ3) is 7.19. The molecule has 2 aromatic rings. The van der Waals surface area contributed by atoms with Crippen LogP contribution in [0.2, 0.25) is 0 Å². The van der Waals surface area contributed by atoms with Crippen molar-refractivity contribution < 1.29 is 28.9 Å². The number of ether oxygens (including phenoxy) is 3. The molecule has 1 atom stereocenters. The lowest BCUT2D eigenvalue weighted by atomic mass is 9.95. The molecule has 8 nitrogen and oxygen atoms in total. The van der Waals surface area contributed by atoms with Crippen LogP contribution in [0, 0.1) is 5.92 Å². The zero-order chi connectivity index (χ0) is 27.8. The number of Topliss-reactive ketones (excluding diaryl/α,β-unsaturated/α-hetero) is 1.